The van der Waals surface area contributed by atoms with Crippen LogP contribution in [0.2, 0.25) is 0 Å². The molecule has 3 rings (SSSR count). The van der Waals surface area contributed by atoms with Crippen LogP contribution in [0.1, 0.15) is 13.3 Å². The molecule has 0 saturated carbocycles. The Bertz CT molecular complexity index is 577. The fourth-order valence-corrected chi connectivity index (χ4v) is 2.68. The molecule has 1 N–H and O–H groups in total. The number of anilines is 1. The second-order valence-corrected chi connectivity index (χ2v) is 5.05. The van der Waals surface area contributed by atoms with Crippen molar-refractivity contribution in [1.82, 2.24) is 10.3 Å². The molecule has 0 spiro atoms. The first kappa shape index (κ1) is 13.2. The van der Waals surface area contributed by atoms with Gasteiger partial charge in [-0.2, -0.15) is 0 Å². The average Bonchev–Trinajstić information content (AvgIpc) is 2.77. The van der Waals surface area contributed by atoms with Crippen LogP contribution in [0.15, 0.2) is 30.5 Å². The second-order valence-electron chi connectivity index (χ2n) is 5.05. The van der Waals surface area contributed by atoms with Crippen LogP contribution in [0.3, 0.4) is 0 Å². The van der Waals surface area contributed by atoms with Crippen molar-refractivity contribution in [2.24, 2.45) is 0 Å². The Morgan fingerprint density at radius 2 is 2.20 bits per heavy atom. The van der Waals surface area contributed by atoms with Gasteiger partial charge in [0.15, 0.2) is 0 Å². The summed E-state index contributed by atoms with van der Waals surface area (Å²) in [5.41, 5.74) is 1.26. The molecule has 0 radical (unpaired) electrons. The molecule has 1 aliphatic heterocycles. The van der Waals surface area contributed by atoms with Gasteiger partial charge in [-0.3, -0.25) is 0 Å². The van der Waals surface area contributed by atoms with Gasteiger partial charge in [-0.15, -0.1) is 0 Å². The third-order valence-corrected chi connectivity index (χ3v) is 3.70. The zero-order valence-corrected chi connectivity index (χ0v) is 11.9. The summed E-state index contributed by atoms with van der Waals surface area (Å²) in [5, 5.41) is 5.72. The fourth-order valence-electron chi connectivity index (χ4n) is 2.68. The Morgan fingerprint density at radius 1 is 1.25 bits per heavy atom. The molecule has 2 aromatic rings. The topological polar surface area (TPSA) is 37.4 Å². The molecule has 4 heteroatoms. The molecule has 4 nitrogen and oxygen atoms in total. The molecule has 1 aromatic heterocycles. The summed E-state index contributed by atoms with van der Waals surface area (Å²) in [6.45, 7) is 6.94. The minimum atomic E-state index is 0.643. The first-order chi connectivity index (χ1) is 9.88. The Hall–Kier alpha value is -1.81. The maximum Gasteiger partial charge on any atom is 0.221 e. The number of ether oxygens (including phenoxy) is 1. The zero-order valence-electron chi connectivity index (χ0n) is 11.9. The Labute approximate surface area is 119 Å². The molecule has 1 aromatic carbocycles. The molecule has 0 amide bonds. The fraction of sp³-hybridized carbons (Fsp3) is 0.438. The monoisotopic (exact) mass is 271 g/mol. The number of hydrogen-bond donors (Lipinski definition) is 1. The predicted octanol–water partition coefficient (Wildman–Crippen LogP) is 2.43. The largest absolute Gasteiger partial charge is 0.478 e. The van der Waals surface area contributed by atoms with Gasteiger partial charge >= 0.3 is 0 Å². The van der Waals surface area contributed by atoms with Crippen LogP contribution in [0.5, 0.6) is 5.88 Å². The smallest absolute Gasteiger partial charge is 0.221 e. The van der Waals surface area contributed by atoms with E-state index < -0.39 is 0 Å². The highest BCUT2D eigenvalue weighted by molar-refractivity contribution is 5.89. The van der Waals surface area contributed by atoms with Gasteiger partial charge in [0.25, 0.3) is 0 Å². The van der Waals surface area contributed by atoms with E-state index in [4.69, 9.17) is 4.74 Å². The summed E-state index contributed by atoms with van der Waals surface area (Å²) >= 11 is 0. The number of pyridine rings is 1. The highest BCUT2D eigenvalue weighted by Gasteiger charge is 2.11. The van der Waals surface area contributed by atoms with Gasteiger partial charge in [-0.1, -0.05) is 6.07 Å². The molecule has 1 saturated heterocycles. The van der Waals surface area contributed by atoms with Crippen molar-refractivity contribution < 1.29 is 4.74 Å². The van der Waals surface area contributed by atoms with Gasteiger partial charge in [0.1, 0.15) is 0 Å². The van der Waals surface area contributed by atoms with Crippen LogP contribution >= 0.6 is 0 Å². The van der Waals surface area contributed by atoms with Crippen molar-refractivity contribution >= 4 is 16.5 Å². The molecule has 1 aliphatic rings. The van der Waals surface area contributed by atoms with Gasteiger partial charge in [-0.05, 0) is 43.5 Å². The van der Waals surface area contributed by atoms with E-state index in [9.17, 15) is 0 Å². The number of aromatic nitrogens is 1. The van der Waals surface area contributed by atoms with Crippen LogP contribution in [-0.2, 0) is 0 Å². The lowest BCUT2D eigenvalue weighted by molar-refractivity contribution is 0.331. The van der Waals surface area contributed by atoms with Gasteiger partial charge in [-0.25, -0.2) is 4.98 Å². The van der Waals surface area contributed by atoms with Crippen molar-refractivity contribution in [3.8, 4) is 5.88 Å². The number of fused-ring (bicyclic) bond motifs is 1. The van der Waals surface area contributed by atoms with E-state index in [1.807, 2.05) is 19.2 Å². The SMILES string of the molecule is CCOc1nccc2ccc(N3CCCNCC3)cc12. The maximum atomic E-state index is 5.64. The van der Waals surface area contributed by atoms with Crippen LogP contribution in [0.4, 0.5) is 5.69 Å². The van der Waals surface area contributed by atoms with E-state index >= 15 is 0 Å². The summed E-state index contributed by atoms with van der Waals surface area (Å²) in [4.78, 5) is 6.78. The highest BCUT2D eigenvalue weighted by Crippen LogP contribution is 2.28. The lowest BCUT2D eigenvalue weighted by Gasteiger charge is -2.22. The Kier molecular flexibility index (Phi) is 4.02. The third kappa shape index (κ3) is 2.70. The summed E-state index contributed by atoms with van der Waals surface area (Å²) in [5.74, 6) is 0.736. The molecule has 0 atom stereocenters. The van der Waals surface area contributed by atoms with Gasteiger partial charge in [0, 0.05) is 36.9 Å². The molecular formula is C16H21N3O. The van der Waals surface area contributed by atoms with E-state index in [2.05, 4.69) is 33.4 Å². The van der Waals surface area contributed by atoms with E-state index in [1.54, 1.807) is 0 Å². The normalized spacial score (nSPS) is 16.1. The predicted molar refractivity (Wildman–Crippen MR) is 82.6 cm³/mol. The minimum Gasteiger partial charge on any atom is -0.478 e. The molecule has 20 heavy (non-hydrogen) atoms. The van der Waals surface area contributed by atoms with Crippen LogP contribution in [0, 0.1) is 0 Å². The first-order valence-corrected chi connectivity index (χ1v) is 7.35. The molecule has 106 valence electrons. The summed E-state index contributed by atoms with van der Waals surface area (Å²) < 4.78 is 5.64. The molecule has 0 aliphatic carbocycles. The Morgan fingerprint density at radius 3 is 3.10 bits per heavy atom. The number of rotatable bonds is 3. The Balaban J connectivity index is 1.97. The van der Waals surface area contributed by atoms with E-state index in [-0.39, 0.29) is 0 Å². The number of nitrogens with one attached hydrogen (secondary N) is 1. The van der Waals surface area contributed by atoms with Gasteiger partial charge in [0.05, 0.1) is 6.61 Å². The number of nitrogens with zero attached hydrogens (tertiary/aromatic N) is 2. The quantitative estimate of drug-likeness (QED) is 0.930. The molecule has 2 heterocycles. The van der Waals surface area contributed by atoms with Gasteiger partial charge in [0.2, 0.25) is 5.88 Å². The van der Waals surface area contributed by atoms with Crippen molar-refractivity contribution in [2.75, 3.05) is 37.7 Å². The van der Waals surface area contributed by atoms with Crippen molar-refractivity contribution in [1.29, 1.82) is 0 Å². The summed E-state index contributed by atoms with van der Waals surface area (Å²) in [6.07, 6.45) is 2.99. The van der Waals surface area contributed by atoms with Gasteiger partial charge < -0.3 is 15.0 Å². The molecular weight excluding hydrogens is 250 g/mol. The van der Waals surface area contributed by atoms with Crippen LogP contribution < -0.4 is 15.0 Å². The summed E-state index contributed by atoms with van der Waals surface area (Å²) in [6, 6.07) is 8.60. The standard InChI is InChI=1S/C16H21N3O/c1-2-20-16-15-12-14(5-4-13(15)6-8-18-16)19-10-3-7-17-9-11-19/h4-6,8,12,17H,2-3,7,9-11H2,1H3. The number of benzene rings is 1. The zero-order chi connectivity index (χ0) is 13.8. The molecule has 0 unspecified atom stereocenters. The first-order valence-electron chi connectivity index (χ1n) is 7.35. The van der Waals surface area contributed by atoms with E-state index in [0.29, 0.717) is 6.61 Å². The van der Waals surface area contributed by atoms with E-state index in [0.717, 1.165) is 37.4 Å². The van der Waals surface area contributed by atoms with Crippen LogP contribution in [0.25, 0.3) is 10.8 Å². The average molecular weight is 271 g/mol. The van der Waals surface area contributed by atoms with E-state index in [1.165, 1.54) is 17.5 Å². The van der Waals surface area contributed by atoms with Crippen molar-refractivity contribution in [2.45, 2.75) is 13.3 Å². The van der Waals surface area contributed by atoms with Crippen molar-refractivity contribution in [3.05, 3.63) is 30.5 Å². The molecule has 0 bridgehead atoms. The summed E-state index contributed by atoms with van der Waals surface area (Å²) in [7, 11) is 0. The number of hydrogen-bond acceptors (Lipinski definition) is 4. The highest BCUT2D eigenvalue weighted by atomic mass is 16.5. The lowest BCUT2D eigenvalue weighted by atomic mass is 10.1. The molecule has 1 fully saturated rings. The lowest BCUT2D eigenvalue weighted by Crippen LogP contribution is -2.27. The maximum absolute atomic E-state index is 5.64. The van der Waals surface area contributed by atoms with Crippen LogP contribution in [-0.4, -0.2) is 37.8 Å². The van der Waals surface area contributed by atoms with Crippen molar-refractivity contribution in [3.63, 3.8) is 0 Å². The second kappa shape index (κ2) is 6.09. The minimum absolute atomic E-state index is 0.643. The third-order valence-electron chi connectivity index (χ3n) is 3.70.